The average Bonchev–Trinajstić information content (AvgIpc) is 2.70. The number of amides is 3. The second kappa shape index (κ2) is 8.77. The fraction of sp³-hybridized carbons (Fsp3) is 0.318. The van der Waals surface area contributed by atoms with Crippen LogP contribution < -0.4 is 20.3 Å². The van der Waals surface area contributed by atoms with E-state index in [1.165, 1.54) is 0 Å². The molecular formula is C22H25N3O4. The van der Waals surface area contributed by atoms with Crippen LogP contribution in [0.5, 0.6) is 5.75 Å². The third-order valence-electron chi connectivity index (χ3n) is 4.96. The van der Waals surface area contributed by atoms with Gasteiger partial charge in [0.2, 0.25) is 11.8 Å². The van der Waals surface area contributed by atoms with Crippen LogP contribution in [0.1, 0.15) is 24.5 Å². The summed E-state index contributed by atoms with van der Waals surface area (Å²) in [6.45, 7) is 5.67. The molecule has 2 aromatic carbocycles. The molecule has 1 aliphatic heterocycles. The Kier molecular flexibility index (Phi) is 6.16. The lowest BCUT2D eigenvalue weighted by Crippen LogP contribution is -2.46. The maximum Gasteiger partial charge on any atom is 0.267 e. The van der Waals surface area contributed by atoms with Crippen LogP contribution in [0.15, 0.2) is 42.5 Å². The largest absolute Gasteiger partial charge is 0.479 e. The Bertz CT molecular complexity index is 941. The smallest absolute Gasteiger partial charge is 0.267 e. The minimum Gasteiger partial charge on any atom is -0.479 e. The van der Waals surface area contributed by atoms with Crippen LogP contribution in [-0.4, -0.2) is 36.9 Å². The Hall–Kier alpha value is -3.35. The Morgan fingerprint density at radius 1 is 1.07 bits per heavy atom. The third-order valence-corrected chi connectivity index (χ3v) is 4.96. The number of anilines is 2. The molecule has 7 nitrogen and oxygen atoms in total. The van der Waals surface area contributed by atoms with Gasteiger partial charge in [0, 0.05) is 18.7 Å². The van der Waals surface area contributed by atoms with Gasteiger partial charge >= 0.3 is 0 Å². The van der Waals surface area contributed by atoms with Crippen molar-refractivity contribution in [3.8, 4) is 5.75 Å². The second-order valence-electron chi connectivity index (χ2n) is 7.04. The first kappa shape index (κ1) is 20.4. The van der Waals surface area contributed by atoms with Crippen molar-refractivity contribution in [2.75, 3.05) is 23.3 Å². The average molecular weight is 395 g/mol. The van der Waals surface area contributed by atoms with Crippen molar-refractivity contribution in [3.05, 3.63) is 53.6 Å². The van der Waals surface area contributed by atoms with Crippen LogP contribution in [0.3, 0.4) is 0 Å². The summed E-state index contributed by atoms with van der Waals surface area (Å²) in [5.41, 5.74) is 3.45. The standard InChI is InChI=1S/C22H25N3O4/c1-14-7-6-8-17(15(14)2)24-21(27)13-23-20(26)11-12-25-18-9-4-5-10-19(18)29-16(3)22(25)28/h4-10,16H,11-13H2,1-3H3,(H,23,26)(H,24,27). The molecule has 7 heteroatoms. The summed E-state index contributed by atoms with van der Waals surface area (Å²) in [4.78, 5) is 38.3. The summed E-state index contributed by atoms with van der Waals surface area (Å²) in [5, 5.41) is 5.41. The van der Waals surface area contributed by atoms with Crippen LogP contribution in [0, 0.1) is 13.8 Å². The number of rotatable bonds is 6. The van der Waals surface area contributed by atoms with Gasteiger partial charge in [-0.25, -0.2) is 0 Å². The van der Waals surface area contributed by atoms with Gasteiger partial charge in [-0.05, 0) is 50.1 Å². The number of hydrogen-bond donors (Lipinski definition) is 2. The summed E-state index contributed by atoms with van der Waals surface area (Å²) in [7, 11) is 0. The van der Waals surface area contributed by atoms with Crippen molar-refractivity contribution in [2.24, 2.45) is 0 Å². The number of hydrogen-bond acceptors (Lipinski definition) is 4. The highest BCUT2D eigenvalue weighted by Crippen LogP contribution is 2.33. The van der Waals surface area contributed by atoms with E-state index in [1.54, 1.807) is 24.0 Å². The van der Waals surface area contributed by atoms with Crippen molar-refractivity contribution in [3.63, 3.8) is 0 Å². The number of carbonyl (C=O) groups is 3. The van der Waals surface area contributed by atoms with Crippen molar-refractivity contribution < 1.29 is 19.1 Å². The molecule has 152 valence electrons. The zero-order valence-corrected chi connectivity index (χ0v) is 16.8. The lowest BCUT2D eigenvalue weighted by atomic mass is 10.1. The van der Waals surface area contributed by atoms with E-state index in [4.69, 9.17) is 4.74 Å². The minimum absolute atomic E-state index is 0.0869. The molecule has 29 heavy (non-hydrogen) atoms. The molecule has 1 aliphatic rings. The van der Waals surface area contributed by atoms with Crippen molar-refractivity contribution in [2.45, 2.75) is 33.3 Å². The highest BCUT2D eigenvalue weighted by atomic mass is 16.5. The van der Waals surface area contributed by atoms with E-state index >= 15 is 0 Å². The lowest BCUT2D eigenvalue weighted by Gasteiger charge is -2.32. The van der Waals surface area contributed by atoms with Crippen LogP contribution in [0.2, 0.25) is 0 Å². The monoisotopic (exact) mass is 395 g/mol. The number of para-hydroxylation sites is 2. The van der Waals surface area contributed by atoms with Gasteiger partial charge in [-0.15, -0.1) is 0 Å². The van der Waals surface area contributed by atoms with E-state index in [0.29, 0.717) is 11.4 Å². The van der Waals surface area contributed by atoms with Crippen LogP contribution in [-0.2, 0) is 14.4 Å². The number of nitrogens with one attached hydrogen (secondary N) is 2. The van der Waals surface area contributed by atoms with Gasteiger partial charge in [0.25, 0.3) is 5.91 Å². The quantitative estimate of drug-likeness (QED) is 0.787. The van der Waals surface area contributed by atoms with Crippen molar-refractivity contribution in [1.82, 2.24) is 5.32 Å². The molecule has 0 radical (unpaired) electrons. The van der Waals surface area contributed by atoms with Crippen LogP contribution in [0.25, 0.3) is 0 Å². The maximum atomic E-state index is 12.4. The van der Waals surface area contributed by atoms with Gasteiger partial charge in [-0.3, -0.25) is 14.4 Å². The van der Waals surface area contributed by atoms with E-state index in [1.807, 2.05) is 44.2 Å². The highest BCUT2D eigenvalue weighted by Gasteiger charge is 2.31. The summed E-state index contributed by atoms with van der Waals surface area (Å²) < 4.78 is 5.59. The molecule has 1 atom stereocenters. The van der Waals surface area contributed by atoms with E-state index in [-0.39, 0.29) is 37.2 Å². The fourth-order valence-corrected chi connectivity index (χ4v) is 3.15. The Balaban J connectivity index is 1.52. The SMILES string of the molecule is Cc1cccc(NC(=O)CNC(=O)CCN2C(=O)C(C)Oc3ccccc32)c1C. The first-order chi connectivity index (χ1) is 13.9. The van der Waals surface area contributed by atoms with Gasteiger partial charge in [-0.1, -0.05) is 24.3 Å². The number of carbonyl (C=O) groups excluding carboxylic acids is 3. The zero-order valence-electron chi connectivity index (χ0n) is 16.8. The van der Waals surface area contributed by atoms with E-state index in [9.17, 15) is 14.4 Å². The van der Waals surface area contributed by atoms with Crippen molar-refractivity contribution in [1.29, 1.82) is 0 Å². The highest BCUT2D eigenvalue weighted by molar-refractivity contribution is 6.00. The van der Waals surface area contributed by atoms with Gasteiger partial charge in [0.15, 0.2) is 6.10 Å². The Morgan fingerprint density at radius 3 is 2.62 bits per heavy atom. The molecule has 2 N–H and O–H groups in total. The van der Waals surface area contributed by atoms with Crippen molar-refractivity contribution >= 4 is 29.1 Å². The molecule has 1 unspecified atom stereocenters. The molecule has 3 amide bonds. The maximum absolute atomic E-state index is 12.4. The molecule has 0 saturated heterocycles. The summed E-state index contributed by atoms with van der Waals surface area (Å²) >= 11 is 0. The first-order valence-electron chi connectivity index (χ1n) is 9.56. The van der Waals surface area contributed by atoms with E-state index in [0.717, 1.165) is 16.8 Å². The Labute approximate surface area is 170 Å². The number of benzene rings is 2. The summed E-state index contributed by atoms with van der Waals surface area (Å²) in [6, 6.07) is 12.9. The normalized spacial score (nSPS) is 15.3. The number of nitrogens with zero attached hydrogens (tertiary/aromatic N) is 1. The van der Waals surface area contributed by atoms with Crippen LogP contribution in [0.4, 0.5) is 11.4 Å². The predicted molar refractivity (Wildman–Crippen MR) is 111 cm³/mol. The third kappa shape index (κ3) is 4.74. The Morgan fingerprint density at radius 2 is 1.83 bits per heavy atom. The van der Waals surface area contributed by atoms with Gasteiger partial charge in [0.05, 0.1) is 12.2 Å². The molecule has 0 saturated carbocycles. The van der Waals surface area contributed by atoms with Gasteiger partial charge < -0.3 is 20.3 Å². The van der Waals surface area contributed by atoms with Gasteiger partial charge in [0.1, 0.15) is 5.75 Å². The van der Waals surface area contributed by atoms with E-state index in [2.05, 4.69) is 10.6 Å². The fourth-order valence-electron chi connectivity index (χ4n) is 3.15. The molecule has 0 aromatic heterocycles. The number of aryl methyl sites for hydroxylation is 1. The van der Waals surface area contributed by atoms with Gasteiger partial charge in [-0.2, -0.15) is 0 Å². The molecular weight excluding hydrogens is 370 g/mol. The molecule has 0 bridgehead atoms. The number of fused-ring (bicyclic) bond motifs is 1. The molecule has 3 rings (SSSR count). The summed E-state index contributed by atoms with van der Waals surface area (Å²) in [6.07, 6.45) is -0.514. The molecule has 0 spiro atoms. The first-order valence-corrected chi connectivity index (χ1v) is 9.56. The van der Waals surface area contributed by atoms with Crippen LogP contribution >= 0.6 is 0 Å². The lowest BCUT2D eigenvalue weighted by molar-refractivity contribution is -0.126. The molecule has 1 heterocycles. The predicted octanol–water partition coefficient (Wildman–Crippen LogP) is 2.56. The topological polar surface area (TPSA) is 87.7 Å². The molecule has 0 aliphatic carbocycles. The van der Waals surface area contributed by atoms with E-state index < -0.39 is 6.10 Å². The number of ether oxygens (including phenoxy) is 1. The molecule has 0 fully saturated rings. The zero-order chi connectivity index (χ0) is 21.0. The minimum atomic E-state index is -0.601. The second-order valence-corrected chi connectivity index (χ2v) is 7.04. The summed E-state index contributed by atoms with van der Waals surface area (Å²) in [5.74, 6) is -0.170. The molecule has 2 aromatic rings.